The van der Waals surface area contributed by atoms with E-state index in [9.17, 15) is 10.1 Å². The Morgan fingerprint density at radius 2 is 1.92 bits per heavy atom. The van der Waals surface area contributed by atoms with Gasteiger partial charge in [-0.3, -0.25) is 15.5 Å². The molecule has 1 aliphatic heterocycles. The zero-order valence-electron chi connectivity index (χ0n) is 13.6. The van der Waals surface area contributed by atoms with E-state index in [4.69, 9.17) is 16.0 Å². The van der Waals surface area contributed by atoms with Crippen LogP contribution in [-0.4, -0.2) is 10.6 Å². The lowest BCUT2D eigenvalue weighted by molar-refractivity contribution is -0.384. The third kappa shape index (κ3) is 3.19. The summed E-state index contributed by atoms with van der Waals surface area (Å²) in [6, 6.07) is 17.5. The molecule has 1 aromatic heterocycles. The SMILES string of the molecule is O=[N+]([O-])c1cccc(-c2ccc(C3CC(c4ccc(Cl)cc4)=NN3)o2)c1. The molecule has 0 fully saturated rings. The fourth-order valence-electron chi connectivity index (χ4n) is 2.90. The monoisotopic (exact) mass is 367 g/mol. The molecular formula is C19H14ClN3O3. The average molecular weight is 368 g/mol. The molecule has 1 atom stereocenters. The molecule has 0 aliphatic carbocycles. The lowest BCUT2D eigenvalue weighted by Crippen LogP contribution is -2.08. The van der Waals surface area contributed by atoms with Gasteiger partial charge in [0.05, 0.1) is 10.6 Å². The van der Waals surface area contributed by atoms with Crippen LogP contribution in [0.4, 0.5) is 5.69 Å². The number of nitro groups is 1. The highest BCUT2D eigenvalue weighted by Gasteiger charge is 2.24. The predicted molar refractivity (Wildman–Crippen MR) is 99.3 cm³/mol. The molecule has 1 aliphatic rings. The van der Waals surface area contributed by atoms with Crippen molar-refractivity contribution in [2.24, 2.45) is 5.10 Å². The fourth-order valence-corrected chi connectivity index (χ4v) is 3.02. The zero-order chi connectivity index (χ0) is 18.1. The molecular weight excluding hydrogens is 354 g/mol. The number of nitrogens with one attached hydrogen (secondary N) is 1. The Morgan fingerprint density at radius 3 is 2.69 bits per heavy atom. The van der Waals surface area contributed by atoms with Crippen LogP contribution in [0.25, 0.3) is 11.3 Å². The van der Waals surface area contributed by atoms with E-state index in [1.54, 1.807) is 12.1 Å². The van der Waals surface area contributed by atoms with Crippen LogP contribution in [0.5, 0.6) is 0 Å². The second-order valence-electron chi connectivity index (χ2n) is 5.96. The average Bonchev–Trinajstić information content (AvgIpc) is 3.32. The zero-order valence-corrected chi connectivity index (χ0v) is 14.3. The quantitative estimate of drug-likeness (QED) is 0.522. The van der Waals surface area contributed by atoms with E-state index in [0.717, 1.165) is 17.0 Å². The number of benzene rings is 2. The predicted octanol–water partition coefficient (Wildman–Crippen LogP) is 4.95. The van der Waals surface area contributed by atoms with E-state index >= 15 is 0 Å². The molecule has 2 heterocycles. The summed E-state index contributed by atoms with van der Waals surface area (Å²) < 4.78 is 5.91. The Morgan fingerprint density at radius 1 is 1.12 bits per heavy atom. The second-order valence-corrected chi connectivity index (χ2v) is 6.40. The summed E-state index contributed by atoms with van der Waals surface area (Å²) >= 11 is 5.92. The van der Waals surface area contributed by atoms with E-state index in [2.05, 4.69) is 10.5 Å². The van der Waals surface area contributed by atoms with Crippen LogP contribution in [0, 0.1) is 10.1 Å². The molecule has 0 saturated heterocycles. The van der Waals surface area contributed by atoms with Crippen molar-refractivity contribution in [3.8, 4) is 11.3 Å². The molecule has 1 N–H and O–H groups in total. The van der Waals surface area contributed by atoms with E-state index in [-0.39, 0.29) is 11.7 Å². The molecule has 1 unspecified atom stereocenters. The third-order valence-electron chi connectivity index (χ3n) is 4.24. The first-order chi connectivity index (χ1) is 12.6. The molecule has 0 spiro atoms. The second kappa shape index (κ2) is 6.65. The molecule has 0 saturated carbocycles. The van der Waals surface area contributed by atoms with E-state index in [1.165, 1.54) is 12.1 Å². The maximum atomic E-state index is 10.9. The van der Waals surface area contributed by atoms with Crippen molar-refractivity contribution < 1.29 is 9.34 Å². The first-order valence-electron chi connectivity index (χ1n) is 8.03. The Kier molecular flexibility index (Phi) is 4.18. The van der Waals surface area contributed by atoms with Crippen LogP contribution in [-0.2, 0) is 0 Å². The number of furan rings is 1. The van der Waals surface area contributed by atoms with Gasteiger partial charge in [-0.25, -0.2) is 0 Å². The van der Waals surface area contributed by atoms with Crippen LogP contribution < -0.4 is 5.43 Å². The van der Waals surface area contributed by atoms with E-state index in [1.807, 2.05) is 36.4 Å². The number of rotatable bonds is 4. The van der Waals surface area contributed by atoms with Crippen molar-refractivity contribution in [2.75, 3.05) is 0 Å². The summed E-state index contributed by atoms with van der Waals surface area (Å²) in [5, 5.41) is 16.0. The van der Waals surface area contributed by atoms with Crippen molar-refractivity contribution in [2.45, 2.75) is 12.5 Å². The molecule has 26 heavy (non-hydrogen) atoms. The Balaban J connectivity index is 1.52. The summed E-state index contributed by atoms with van der Waals surface area (Å²) in [7, 11) is 0. The minimum atomic E-state index is -0.419. The number of hydrogen-bond acceptors (Lipinski definition) is 5. The van der Waals surface area contributed by atoms with Gasteiger partial charge in [-0.05, 0) is 29.8 Å². The van der Waals surface area contributed by atoms with Gasteiger partial charge in [0.1, 0.15) is 17.6 Å². The van der Waals surface area contributed by atoms with Gasteiger partial charge in [0, 0.05) is 29.1 Å². The Bertz CT molecular complexity index is 995. The van der Waals surface area contributed by atoms with E-state index in [0.29, 0.717) is 22.8 Å². The maximum Gasteiger partial charge on any atom is 0.270 e. The summed E-state index contributed by atoms with van der Waals surface area (Å²) in [5.41, 5.74) is 5.73. The molecule has 4 rings (SSSR count). The number of hydrogen-bond donors (Lipinski definition) is 1. The largest absolute Gasteiger partial charge is 0.459 e. The standard InChI is InChI=1S/C19H14ClN3O3/c20-14-6-4-12(5-7-14)16-11-17(22-21-16)19-9-8-18(26-19)13-2-1-3-15(10-13)23(24)25/h1-10,17,22H,11H2. The fraction of sp³-hybridized carbons (Fsp3) is 0.105. The minimum Gasteiger partial charge on any atom is -0.459 e. The molecule has 130 valence electrons. The minimum absolute atomic E-state index is 0.0350. The van der Waals surface area contributed by atoms with Crippen molar-refractivity contribution in [3.05, 3.63) is 87.1 Å². The van der Waals surface area contributed by atoms with Gasteiger partial charge < -0.3 is 4.42 Å². The van der Waals surface area contributed by atoms with Crippen LogP contribution in [0.2, 0.25) is 5.02 Å². The molecule has 0 amide bonds. The number of hydrazone groups is 1. The van der Waals surface area contributed by atoms with Crippen molar-refractivity contribution >= 4 is 23.0 Å². The third-order valence-corrected chi connectivity index (χ3v) is 4.49. The van der Waals surface area contributed by atoms with Gasteiger partial charge in [-0.1, -0.05) is 35.9 Å². The van der Waals surface area contributed by atoms with Crippen LogP contribution in [0.3, 0.4) is 0 Å². The highest BCUT2D eigenvalue weighted by molar-refractivity contribution is 6.30. The van der Waals surface area contributed by atoms with Gasteiger partial charge in [0.15, 0.2) is 0 Å². The van der Waals surface area contributed by atoms with Crippen LogP contribution in [0.15, 0.2) is 70.2 Å². The summed E-state index contributed by atoms with van der Waals surface area (Å²) in [4.78, 5) is 10.5. The van der Waals surface area contributed by atoms with E-state index < -0.39 is 4.92 Å². The summed E-state index contributed by atoms with van der Waals surface area (Å²) in [6.45, 7) is 0. The van der Waals surface area contributed by atoms with Crippen molar-refractivity contribution in [3.63, 3.8) is 0 Å². The van der Waals surface area contributed by atoms with Crippen LogP contribution >= 0.6 is 11.6 Å². The molecule has 7 heteroatoms. The lowest BCUT2D eigenvalue weighted by atomic mass is 10.0. The summed E-state index contributed by atoms with van der Waals surface area (Å²) in [5.74, 6) is 1.32. The smallest absolute Gasteiger partial charge is 0.270 e. The normalized spacial score (nSPS) is 16.2. The maximum absolute atomic E-state index is 10.9. The van der Waals surface area contributed by atoms with Gasteiger partial charge in [-0.15, -0.1) is 0 Å². The van der Waals surface area contributed by atoms with Gasteiger partial charge in [0.2, 0.25) is 0 Å². The highest BCUT2D eigenvalue weighted by atomic mass is 35.5. The van der Waals surface area contributed by atoms with Crippen molar-refractivity contribution in [1.82, 2.24) is 5.43 Å². The number of halogens is 1. The molecule has 2 aromatic carbocycles. The molecule has 6 nitrogen and oxygen atoms in total. The number of non-ortho nitro benzene ring substituents is 1. The highest BCUT2D eigenvalue weighted by Crippen LogP contribution is 2.31. The first-order valence-corrected chi connectivity index (χ1v) is 8.40. The summed E-state index contributed by atoms with van der Waals surface area (Å²) in [6.07, 6.45) is 0.684. The van der Waals surface area contributed by atoms with Crippen molar-refractivity contribution in [1.29, 1.82) is 0 Å². The number of nitro benzene ring substituents is 1. The Hall–Kier alpha value is -3.12. The lowest BCUT2D eigenvalue weighted by Gasteiger charge is -2.06. The number of nitrogens with zero attached hydrogens (tertiary/aromatic N) is 2. The molecule has 0 radical (unpaired) electrons. The van der Waals surface area contributed by atoms with Gasteiger partial charge >= 0.3 is 0 Å². The first kappa shape index (κ1) is 16.4. The van der Waals surface area contributed by atoms with Gasteiger partial charge in [-0.2, -0.15) is 5.10 Å². The van der Waals surface area contributed by atoms with Gasteiger partial charge in [0.25, 0.3) is 5.69 Å². The Labute approximate surface area is 154 Å². The molecule has 3 aromatic rings. The van der Waals surface area contributed by atoms with Crippen LogP contribution in [0.1, 0.15) is 23.8 Å². The molecule has 0 bridgehead atoms. The topological polar surface area (TPSA) is 80.7 Å².